The average Bonchev–Trinajstić information content (AvgIpc) is 1.69. The van der Waals surface area contributed by atoms with Crippen molar-refractivity contribution in [2.75, 3.05) is 0 Å². The minimum atomic E-state index is 0.761. The van der Waals surface area contributed by atoms with E-state index in [-0.39, 0.29) is 0 Å². The van der Waals surface area contributed by atoms with Crippen LogP contribution in [0.15, 0.2) is 12.3 Å². The van der Waals surface area contributed by atoms with Crippen molar-refractivity contribution in [3.63, 3.8) is 0 Å². The Labute approximate surface area is 47.8 Å². The topological polar surface area (TPSA) is 28.7 Å². The SMILES string of the molecule is S=c1ccnp[nH]1. The van der Waals surface area contributed by atoms with Crippen molar-refractivity contribution in [3.05, 3.63) is 16.9 Å². The van der Waals surface area contributed by atoms with Gasteiger partial charge in [0, 0.05) is 6.20 Å². The molecule has 0 spiro atoms. The van der Waals surface area contributed by atoms with Gasteiger partial charge in [0.1, 0.15) is 13.2 Å². The second-order valence-electron chi connectivity index (χ2n) is 1.01. The summed E-state index contributed by atoms with van der Waals surface area (Å²) in [6, 6.07) is 1.76. The number of aromatic nitrogens is 2. The summed E-state index contributed by atoms with van der Waals surface area (Å²) in [4.78, 5) is 0. The summed E-state index contributed by atoms with van der Waals surface area (Å²) in [5.74, 6) is 0. The number of hydrogen-bond donors (Lipinski definition) is 1. The van der Waals surface area contributed by atoms with Gasteiger partial charge >= 0.3 is 0 Å². The Kier molecular flexibility index (Phi) is 1.50. The zero-order valence-electron chi connectivity index (χ0n) is 3.46. The van der Waals surface area contributed by atoms with Crippen molar-refractivity contribution < 1.29 is 0 Å². The third-order valence-corrected chi connectivity index (χ3v) is 1.49. The number of H-pyrrole nitrogens is 1. The molecule has 1 aromatic rings. The predicted octanol–water partition coefficient (Wildman–Crippen LogP) is 1.72. The summed E-state index contributed by atoms with van der Waals surface area (Å²) in [6.45, 7) is 0. The Hall–Kier alpha value is -0.270. The Bertz CT molecular complexity index is 179. The molecule has 4 heteroatoms. The van der Waals surface area contributed by atoms with Crippen molar-refractivity contribution >= 4 is 20.7 Å². The normalized spacial score (nSPS) is 9.71. The first-order valence-electron chi connectivity index (χ1n) is 1.76. The fourth-order valence-corrected chi connectivity index (χ4v) is 0.797. The molecule has 0 aliphatic heterocycles. The van der Waals surface area contributed by atoms with Crippen LogP contribution < -0.4 is 0 Å². The minimum Gasteiger partial charge on any atom is -0.314 e. The van der Waals surface area contributed by atoms with E-state index in [1.165, 1.54) is 0 Å². The fourth-order valence-electron chi connectivity index (χ4n) is 0.250. The van der Waals surface area contributed by atoms with Gasteiger partial charge in [-0.3, -0.25) is 0 Å². The van der Waals surface area contributed by atoms with Crippen LogP contribution in [0, 0.1) is 4.64 Å². The summed E-state index contributed by atoms with van der Waals surface area (Å²) in [7, 11) is 0.840. The molecule has 0 aliphatic carbocycles. The van der Waals surface area contributed by atoms with Crippen molar-refractivity contribution in [3.8, 4) is 0 Å². The van der Waals surface area contributed by atoms with Gasteiger partial charge in [-0.2, -0.15) is 0 Å². The van der Waals surface area contributed by atoms with Crippen LogP contribution >= 0.6 is 20.7 Å². The molecule has 1 N–H and O–H groups in total. The van der Waals surface area contributed by atoms with Crippen molar-refractivity contribution in [1.82, 2.24) is 9.49 Å². The predicted molar refractivity (Wildman–Crippen MR) is 31.9 cm³/mol. The number of hydrogen-bond acceptors (Lipinski definition) is 2. The van der Waals surface area contributed by atoms with Crippen LogP contribution in [-0.2, 0) is 0 Å². The molecule has 7 heavy (non-hydrogen) atoms. The third kappa shape index (κ3) is 1.33. The maximum atomic E-state index is 4.74. The van der Waals surface area contributed by atoms with E-state index in [2.05, 4.69) is 9.49 Å². The summed E-state index contributed by atoms with van der Waals surface area (Å²) in [5.41, 5.74) is 0. The highest BCUT2D eigenvalue weighted by Gasteiger charge is 1.67. The quantitative estimate of drug-likeness (QED) is 0.541. The summed E-state index contributed by atoms with van der Waals surface area (Å²) >= 11 is 4.74. The van der Waals surface area contributed by atoms with Gasteiger partial charge in [-0.25, -0.2) is 4.75 Å². The van der Waals surface area contributed by atoms with E-state index < -0.39 is 0 Å². The molecule has 0 unspecified atom stereocenters. The van der Waals surface area contributed by atoms with Gasteiger partial charge in [-0.15, -0.1) is 0 Å². The highest BCUT2D eigenvalue weighted by atomic mass is 32.1. The molecule has 0 saturated heterocycles. The van der Waals surface area contributed by atoms with E-state index in [1.54, 1.807) is 12.3 Å². The van der Waals surface area contributed by atoms with Gasteiger partial charge in [0.05, 0.1) is 0 Å². The van der Waals surface area contributed by atoms with Crippen molar-refractivity contribution in [2.45, 2.75) is 0 Å². The Morgan fingerprint density at radius 2 is 2.71 bits per heavy atom. The Balaban J connectivity index is 3.28. The molecule has 1 rings (SSSR count). The number of nitrogens with one attached hydrogen (secondary N) is 1. The van der Waals surface area contributed by atoms with Gasteiger partial charge in [0.25, 0.3) is 0 Å². The van der Waals surface area contributed by atoms with Crippen LogP contribution in [0.1, 0.15) is 0 Å². The van der Waals surface area contributed by atoms with E-state index in [9.17, 15) is 0 Å². The molecule has 1 heterocycles. The highest BCUT2D eigenvalue weighted by Crippen LogP contribution is 1.88. The zero-order chi connectivity index (χ0) is 5.11. The van der Waals surface area contributed by atoms with Crippen LogP contribution in [-0.4, -0.2) is 9.49 Å². The highest BCUT2D eigenvalue weighted by molar-refractivity contribution is 7.71. The van der Waals surface area contributed by atoms with E-state index >= 15 is 0 Å². The standard InChI is InChI=1S/C3H3N2PS/c7-3-1-2-4-6-5-3/h1-2H,(H,4,5,7). The van der Waals surface area contributed by atoms with E-state index in [0.717, 1.165) is 13.2 Å². The van der Waals surface area contributed by atoms with Crippen LogP contribution in [0.3, 0.4) is 0 Å². The van der Waals surface area contributed by atoms with Gasteiger partial charge in [0.15, 0.2) is 0 Å². The lowest BCUT2D eigenvalue weighted by Crippen LogP contribution is -1.63. The third-order valence-electron chi connectivity index (χ3n) is 0.511. The smallest absolute Gasteiger partial charge is 0.130 e. The van der Waals surface area contributed by atoms with Crippen molar-refractivity contribution in [1.29, 1.82) is 0 Å². The summed E-state index contributed by atoms with van der Waals surface area (Å²) in [6.07, 6.45) is 1.69. The molecule has 0 radical (unpaired) electrons. The lowest BCUT2D eigenvalue weighted by atomic mass is 10.7. The minimum absolute atomic E-state index is 0.761. The first-order valence-corrected chi connectivity index (χ1v) is 3.01. The molecular formula is C3H3N2PS. The molecule has 1 aromatic heterocycles. The molecule has 0 aromatic carbocycles. The second-order valence-corrected chi connectivity index (χ2v) is 2.10. The molecule has 0 fully saturated rings. The lowest BCUT2D eigenvalue weighted by Gasteiger charge is -1.74. The molecule has 36 valence electrons. The largest absolute Gasteiger partial charge is 0.314 e. The number of aromatic amines is 1. The van der Waals surface area contributed by atoms with Crippen LogP contribution in [0.5, 0.6) is 0 Å². The van der Waals surface area contributed by atoms with Crippen LogP contribution in [0.25, 0.3) is 0 Å². The monoisotopic (exact) mass is 130 g/mol. The number of rotatable bonds is 0. The van der Waals surface area contributed by atoms with Gasteiger partial charge < -0.3 is 4.75 Å². The molecule has 0 aliphatic rings. The molecule has 0 amide bonds. The van der Waals surface area contributed by atoms with Gasteiger partial charge in [0.2, 0.25) is 0 Å². The molecule has 0 bridgehead atoms. The van der Waals surface area contributed by atoms with Crippen LogP contribution in [0.4, 0.5) is 0 Å². The first-order chi connectivity index (χ1) is 3.39. The summed E-state index contributed by atoms with van der Waals surface area (Å²) < 4.78 is 7.41. The molecule has 0 saturated carbocycles. The van der Waals surface area contributed by atoms with E-state index in [0.29, 0.717) is 0 Å². The molecule has 2 nitrogen and oxygen atoms in total. The Morgan fingerprint density at radius 3 is 3.00 bits per heavy atom. The first kappa shape index (κ1) is 4.88. The Morgan fingerprint density at radius 1 is 1.86 bits per heavy atom. The van der Waals surface area contributed by atoms with Gasteiger partial charge in [-0.1, -0.05) is 12.2 Å². The zero-order valence-corrected chi connectivity index (χ0v) is 5.17. The van der Waals surface area contributed by atoms with E-state index in [1.807, 2.05) is 0 Å². The van der Waals surface area contributed by atoms with Crippen molar-refractivity contribution in [2.24, 2.45) is 0 Å². The molecule has 0 atom stereocenters. The second kappa shape index (κ2) is 2.15. The van der Waals surface area contributed by atoms with E-state index in [4.69, 9.17) is 12.2 Å². The fraction of sp³-hybridized carbons (Fsp3) is 0. The summed E-state index contributed by atoms with van der Waals surface area (Å²) in [5, 5.41) is 0. The maximum Gasteiger partial charge on any atom is 0.130 e. The lowest BCUT2D eigenvalue weighted by molar-refractivity contribution is 1.39. The number of nitrogens with zero attached hydrogens (tertiary/aromatic N) is 1. The molecular weight excluding hydrogens is 127 g/mol. The van der Waals surface area contributed by atoms with Crippen LogP contribution in [0.2, 0.25) is 0 Å². The average molecular weight is 130 g/mol. The maximum absolute atomic E-state index is 4.74. The van der Waals surface area contributed by atoms with Gasteiger partial charge in [-0.05, 0) is 6.07 Å².